The van der Waals surface area contributed by atoms with Gasteiger partial charge in [-0.2, -0.15) is 0 Å². The van der Waals surface area contributed by atoms with Crippen molar-refractivity contribution < 1.29 is 9.21 Å². The van der Waals surface area contributed by atoms with Crippen LogP contribution in [0.3, 0.4) is 0 Å². The van der Waals surface area contributed by atoms with Crippen molar-refractivity contribution in [3.8, 4) is 11.5 Å². The second-order valence-electron chi connectivity index (χ2n) is 6.04. The van der Waals surface area contributed by atoms with Crippen LogP contribution in [0.2, 0.25) is 0 Å². The summed E-state index contributed by atoms with van der Waals surface area (Å²) in [7, 11) is 0. The topological polar surface area (TPSA) is 68.0 Å². The number of amides is 1. The molecule has 1 N–H and O–H groups in total. The van der Waals surface area contributed by atoms with Crippen LogP contribution < -0.4 is 5.32 Å². The molecule has 0 aliphatic heterocycles. The predicted molar refractivity (Wildman–Crippen MR) is 95.8 cm³/mol. The van der Waals surface area contributed by atoms with E-state index in [0.717, 1.165) is 18.4 Å². The van der Waals surface area contributed by atoms with Gasteiger partial charge in [-0.1, -0.05) is 48.5 Å². The molecule has 0 fully saturated rings. The molecule has 0 aliphatic rings. The molecule has 0 bridgehead atoms. The van der Waals surface area contributed by atoms with E-state index < -0.39 is 0 Å². The summed E-state index contributed by atoms with van der Waals surface area (Å²) < 4.78 is 5.57. The number of nitrogens with zero attached hydrogens (tertiary/aromatic N) is 2. The lowest BCUT2D eigenvalue weighted by atomic mass is 10.1. The zero-order valence-electron chi connectivity index (χ0n) is 14.2. The molecule has 3 aromatic rings. The van der Waals surface area contributed by atoms with Crippen molar-refractivity contribution >= 4 is 5.91 Å². The van der Waals surface area contributed by atoms with E-state index in [-0.39, 0.29) is 18.4 Å². The predicted octanol–water partition coefficient (Wildman–Crippen LogP) is 3.42. The normalized spacial score (nSPS) is 11.9. The molecule has 5 heteroatoms. The molecular weight excluding hydrogens is 314 g/mol. The van der Waals surface area contributed by atoms with Crippen LogP contribution in [-0.2, 0) is 17.6 Å². The van der Waals surface area contributed by atoms with Crippen molar-refractivity contribution in [3.05, 3.63) is 72.1 Å². The highest BCUT2D eigenvalue weighted by Gasteiger charge is 2.14. The van der Waals surface area contributed by atoms with E-state index >= 15 is 0 Å². The Morgan fingerprint density at radius 3 is 2.44 bits per heavy atom. The molecule has 1 heterocycles. The van der Waals surface area contributed by atoms with Crippen LogP contribution in [0.15, 0.2) is 65.1 Å². The lowest BCUT2D eigenvalue weighted by molar-refractivity contribution is -0.121. The summed E-state index contributed by atoms with van der Waals surface area (Å²) in [6.45, 7) is 2.00. The van der Waals surface area contributed by atoms with Crippen LogP contribution in [0.4, 0.5) is 0 Å². The fourth-order valence-corrected chi connectivity index (χ4v) is 2.59. The van der Waals surface area contributed by atoms with Crippen molar-refractivity contribution in [3.63, 3.8) is 0 Å². The molecule has 0 saturated heterocycles. The van der Waals surface area contributed by atoms with Crippen molar-refractivity contribution in [1.82, 2.24) is 15.5 Å². The van der Waals surface area contributed by atoms with Gasteiger partial charge < -0.3 is 9.73 Å². The number of carbonyl (C=O) groups excluding carboxylic acids is 1. The monoisotopic (exact) mass is 335 g/mol. The largest absolute Gasteiger partial charge is 0.420 e. The van der Waals surface area contributed by atoms with Gasteiger partial charge in [-0.3, -0.25) is 4.79 Å². The Morgan fingerprint density at radius 2 is 1.72 bits per heavy atom. The number of benzene rings is 2. The summed E-state index contributed by atoms with van der Waals surface area (Å²) in [5.41, 5.74) is 2.12. The molecule has 0 radical (unpaired) electrons. The summed E-state index contributed by atoms with van der Waals surface area (Å²) in [4.78, 5) is 12.1. The third-order valence-corrected chi connectivity index (χ3v) is 3.92. The lowest BCUT2D eigenvalue weighted by Gasteiger charge is -2.13. The van der Waals surface area contributed by atoms with Gasteiger partial charge in [-0.25, -0.2) is 0 Å². The van der Waals surface area contributed by atoms with Crippen LogP contribution in [0.5, 0.6) is 0 Å². The van der Waals surface area contributed by atoms with Crippen molar-refractivity contribution in [2.45, 2.75) is 32.2 Å². The summed E-state index contributed by atoms with van der Waals surface area (Å²) in [5.74, 6) is 0.649. The van der Waals surface area contributed by atoms with Gasteiger partial charge in [0.2, 0.25) is 17.7 Å². The minimum Gasteiger partial charge on any atom is -0.420 e. The van der Waals surface area contributed by atoms with E-state index in [1.54, 1.807) is 0 Å². The highest BCUT2D eigenvalue weighted by molar-refractivity contribution is 5.77. The third kappa shape index (κ3) is 5.01. The Hall–Kier alpha value is -2.95. The molecule has 0 spiro atoms. The number of aromatic nitrogens is 2. The van der Waals surface area contributed by atoms with E-state index in [1.165, 1.54) is 5.56 Å². The molecule has 0 aliphatic carbocycles. The Bertz CT molecular complexity index is 800. The van der Waals surface area contributed by atoms with Crippen molar-refractivity contribution in [2.75, 3.05) is 0 Å². The molecule has 0 unspecified atom stereocenters. The van der Waals surface area contributed by atoms with Crippen LogP contribution in [0.25, 0.3) is 11.5 Å². The first-order chi connectivity index (χ1) is 12.2. The van der Waals surface area contributed by atoms with Gasteiger partial charge in [0, 0.05) is 11.6 Å². The average Bonchev–Trinajstić information content (AvgIpc) is 3.10. The standard InChI is InChI=1S/C20H21N3O2/c1-15(12-13-16-8-4-2-5-9-16)21-18(24)14-19-22-23-20(25-19)17-10-6-3-7-11-17/h2-11,15H,12-14H2,1H3,(H,21,24)/t15-/m1/s1. The van der Waals surface area contributed by atoms with Crippen LogP contribution in [-0.4, -0.2) is 22.1 Å². The first-order valence-corrected chi connectivity index (χ1v) is 8.42. The molecule has 0 saturated carbocycles. The van der Waals surface area contributed by atoms with Gasteiger partial charge in [-0.15, -0.1) is 10.2 Å². The lowest BCUT2D eigenvalue weighted by Crippen LogP contribution is -2.34. The number of carbonyl (C=O) groups is 1. The number of nitrogens with one attached hydrogen (secondary N) is 1. The van der Waals surface area contributed by atoms with Crippen LogP contribution in [0.1, 0.15) is 24.8 Å². The maximum absolute atomic E-state index is 12.1. The van der Waals surface area contributed by atoms with E-state index in [9.17, 15) is 4.79 Å². The SMILES string of the molecule is C[C@H](CCc1ccccc1)NC(=O)Cc1nnc(-c2ccccc2)o1. The van der Waals surface area contributed by atoms with Crippen LogP contribution >= 0.6 is 0 Å². The number of rotatable bonds is 7. The Balaban J connectivity index is 1.48. The van der Waals surface area contributed by atoms with E-state index in [0.29, 0.717) is 11.8 Å². The first kappa shape index (κ1) is 16.9. The van der Waals surface area contributed by atoms with E-state index in [2.05, 4.69) is 27.6 Å². The van der Waals surface area contributed by atoms with Gasteiger partial charge >= 0.3 is 0 Å². The minimum atomic E-state index is -0.108. The zero-order chi connectivity index (χ0) is 17.5. The highest BCUT2D eigenvalue weighted by Crippen LogP contribution is 2.17. The highest BCUT2D eigenvalue weighted by atomic mass is 16.4. The first-order valence-electron chi connectivity index (χ1n) is 8.42. The smallest absolute Gasteiger partial charge is 0.247 e. The average molecular weight is 335 g/mol. The number of hydrogen-bond donors (Lipinski definition) is 1. The number of aryl methyl sites for hydroxylation is 1. The minimum absolute atomic E-state index is 0.0872. The number of hydrogen-bond acceptors (Lipinski definition) is 4. The van der Waals surface area contributed by atoms with Gasteiger partial charge in [-0.05, 0) is 37.5 Å². The van der Waals surface area contributed by atoms with Crippen molar-refractivity contribution in [1.29, 1.82) is 0 Å². The maximum atomic E-state index is 12.1. The summed E-state index contributed by atoms with van der Waals surface area (Å²) in [6, 6.07) is 19.8. The fourth-order valence-electron chi connectivity index (χ4n) is 2.59. The summed E-state index contributed by atoms with van der Waals surface area (Å²) >= 11 is 0. The zero-order valence-corrected chi connectivity index (χ0v) is 14.2. The van der Waals surface area contributed by atoms with Gasteiger partial charge in [0.1, 0.15) is 6.42 Å². The summed E-state index contributed by atoms with van der Waals surface area (Å²) in [5, 5.41) is 10.9. The second kappa shape index (κ2) is 8.24. The van der Waals surface area contributed by atoms with Gasteiger partial charge in [0.05, 0.1) is 0 Å². The molecule has 1 atom stereocenters. The van der Waals surface area contributed by atoms with E-state index in [1.807, 2.05) is 55.5 Å². The third-order valence-electron chi connectivity index (χ3n) is 3.92. The molecule has 128 valence electrons. The Kier molecular flexibility index (Phi) is 5.57. The molecule has 1 aromatic heterocycles. The fraction of sp³-hybridized carbons (Fsp3) is 0.250. The van der Waals surface area contributed by atoms with E-state index in [4.69, 9.17) is 4.42 Å². The molecule has 2 aromatic carbocycles. The summed E-state index contributed by atoms with van der Waals surface area (Å²) in [6.07, 6.45) is 1.91. The molecule has 5 nitrogen and oxygen atoms in total. The Morgan fingerprint density at radius 1 is 1.04 bits per heavy atom. The molecule has 1 amide bonds. The second-order valence-corrected chi connectivity index (χ2v) is 6.04. The molecular formula is C20H21N3O2. The van der Waals surface area contributed by atoms with Gasteiger partial charge in [0.25, 0.3) is 0 Å². The van der Waals surface area contributed by atoms with Gasteiger partial charge in [0.15, 0.2) is 0 Å². The quantitative estimate of drug-likeness (QED) is 0.718. The Labute approximate surface area is 147 Å². The van der Waals surface area contributed by atoms with Crippen LogP contribution in [0, 0.1) is 0 Å². The maximum Gasteiger partial charge on any atom is 0.247 e. The van der Waals surface area contributed by atoms with Crippen molar-refractivity contribution in [2.24, 2.45) is 0 Å². The molecule has 3 rings (SSSR count). The molecule has 25 heavy (non-hydrogen) atoms.